The molecule has 2 heterocycles. The number of carboxylic acid groups (broad SMARTS) is 1. The molecule has 1 spiro atoms. The van der Waals surface area contributed by atoms with Crippen LogP contribution in [0.25, 0.3) is 0 Å². The number of piperidine rings is 1. The number of hydrogen-bond donors (Lipinski definition) is 1. The molecule has 1 aromatic heterocycles. The molecule has 0 atom stereocenters. The van der Waals surface area contributed by atoms with E-state index in [1.807, 2.05) is 0 Å². The smallest absolute Gasteiger partial charge is 0.339 e. The predicted molar refractivity (Wildman–Crippen MR) is 78.6 cm³/mol. The van der Waals surface area contributed by atoms with Crippen molar-refractivity contribution in [3.05, 3.63) is 22.8 Å². The Morgan fingerprint density at radius 2 is 1.85 bits per heavy atom. The van der Waals surface area contributed by atoms with Crippen LogP contribution in [0.5, 0.6) is 0 Å². The van der Waals surface area contributed by atoms with Crippen LogP contribution < -0.4 is 4.90 Å². The van der Waals surface area contributed by atoms with E-state index in [-0.39, 0.29) is 5.56 Å². The van der Waals surface area contributed by atoms with Gasteiger partial charge in [0.05, 0.1) is 0 Å². The molecule has 0 bridgehead atoms. The van der Waals surface area contributed by atoms with Gasteiger partial charge >= 0.3 is 5.97 Å². The number of pyridine rings is 1. The van der Waals surface area contributed by atoms with Crippen molar-refractivity contribution in [3.63, 3.8) is 0 Å². The van der Waals surface area contributed by atoms with Crippen LogP contribution >= 0.6 is 11.6 Å². The first kappa shape index (κ1) is 13.7. The van der Waals surface area contributed by atoms with Crippen LogP contribution in [0.1, 0.15) is 48.9 Å². The second-order valence-electron chi connectivity index (χ2n) is 6.00. The Bertz CT molecular complexity index is 517. The van der Waals surface area contributed by atoms with Crippen LogP contribution in [-0.4, -0.2) is 29.1 Å². The van der Waals surface area contributed by atoms with E-state index in [1.54, 1.807) is 6.07 Å². The maximum absolute atomic E-state index is 11.3. The highest BCUT2D eigenvalue weighted by Gasteiger charge is 2.37. The molecule has 2 aliphatic rings. The Labute approximate surface area is 123 Å². The Morgan fingerprint density at radius 1 is 1.20 bits per heavy atom. The maximum Gasteiger partial charge on any atom is 0.339 e. The summed E-state index contributed by atoms with van der Waals surface area (Å²) in [6.07, 6.45) is 7.62. The summed E-state index contributed by atoms with van der Waals surface area (Å²) in [4.78, 5) is 17.6. The lowest BCUT2D eigenvalue weighted by atomic mass is 9.77. The van der Waals surface area contributed by atoms with E-state index in [0.29, 0.717) is 16.4 Å². The van der Waals surface area contributed by atoms with Gasteiger partial charge in [0.2, 0.25) is 0 Å². The number of carbonyl (C=O) groups is 1. The average Bonchev–Trinajstić information content (AvgIpc) is 2.87. The monoisotopic (exact) mass is 294 g/mol. The first-order valence-electron chi connectivity index (χ1n) is 7.24. The van der Waals surface area contributed by atoms with Crippen molar-refractivity contribution in [2.24, 2.45) is 5.41 Å². The normalized spacial score (nSPS) is 21.4. The second-order valence-corrected chi connectivity index (χ2v) is 6.39. The molecular weight excluding hydrogens is 276 g/mol. The number of nitrogens with zero attached hydrogens (tertiary/aromatic N) is 2. The Hall–Kier alpha value is -1.29. The molecule has 1 saturated heterocycles. The van der Waals surface area contributed by atoms with Crippen LogP contribution in [0.4, 0.5) is 5.82 Å². The molecular formula is C15H19ClN2O2. The van der Waals surface area contributed by atoms with Crippen LogP contribution in [0.2, 0.25) is 5.15 Å². The van der Waals surface area contributed by atoms with Crippen molar-refractivity contribution in [1.82, 2.24) is 4.98 Å². The zero-order valence-electron chi connectivity index (χ0n) is 11.4. The molecule has 0 aromatic carbocycles. The number of aromatic carboxylic acids is 1. The van der Waals surface area contributed by atoms with E-state index in [2.05, 4.69) is 9.88 Å². The van der Waals surface area contributed by atoms with E-state index in [9.17, 15) is 9.90 Å². The zero-order chi connectivity index (χ0) is 14.2. The molecule has 3 rings (SSSR count). The first-order chi connectivity index (χ1) is 9.60. The largest absolute Gasteiger partial charge is 0.478 e. The highest BCUT2D eigenvalue weighted by Crippen LogP contribution is 2.46. The zero-order valence-corrected chi connectivity index (χ0v) is 12.2. The van der Waals surface area contributed by atoms with Crippen molar-refractivity contribution < 1.29 is 9.90 Å². The highest BCUT2D eigenvalue weighted by molar-refractivity contribution is 6.29. The molecule has 108 valence electrons. The van der Waals surface area contributed by atoms with E-state index >= 15 is 0 Å². The van der Waals surface area contributed by atoms with Gasteiger partial charge in [0.25, 0.3) is 0 Å². The lowest BCUT2D eigenvalue weighted by Gasteiger charge is -2.40. The first-order valence-corrected chi connectivity index (χ1v) is 7.62. The summed E-state index contributed by atoms with van der Waals surface area (Å²) in [5.74, 6) is -0.414. The SMILES string of the molecule is O=C(O)c1ccc(Cl)nc1N1CCC2(CCCC2)CC1. The van der Waals surface area contributed by atoms with Gasteiger partial charge in [-0.3, -0.25) is 0 Å². The van der Waals surface area contributed by atoms with Crippen molar-refractivity contribution in [2.75, 3.05) is 18.0 Å². The number of hydrogen-bond acceptors (Lipinski definition) is 3. The predicted octanol–water partition coefficient (Wildman–Crippen LogP) is 3.59. The lowest BCUT2D eigenvalue weighted by molar-refractivity contribution is 0.0697. The Balaban J connectivity index is 1.80. The number of rotatable bonds is 2. The average molecular weight is 295 g/mol. The van der Waals surface area contributed by atoms with Gasteiger partial charge in [0, 0.05) is 13.1 Å². The van der Waals surface area contributed by atoms with Crippen molar-refractivity contribution in [2.45, 2.75) is 38.5 Å². The number of halogens is 1. The number of aromatic nitrogens is 1. The highest BCUT2D eigenvalue weighted by atomic mass is 35.5. The molecule has 0 radical (unpaired) electrons. The van der Waals surface area contributed by atoms with Gasteiger partial charge in [0.15, 0.2) is 0 Å². The molecule has 4 nitrogen and oxygen atoms in total. The molecule has 20 heavy (non-hydrogen) atoms. The maximum atomic E-state index is 11.3. The van der Waals surface area contributed by atoms with Crippen LogP contribution in [0, 0.1) is 5.41 Å². The Morgan fingerprint density at radius 3 is 2.45 bits per heavy atom. The molecule has 1 N–H and O–H groups in total. The lowest BCUT2D eigenvalue weighted by Crippen LogP contribution is -2.40. The van der Waals surface area contributed by atoms with Gasteiger partial charge in [-0.1, -0.05) is 24.4 Å². The summed E-state index contributed by atoms with van der Waals surface area (Å²) in [6, 6.07) is 3.09. The van der Waals surface area contributed by atoms with Crippen molar-refractivity contribution in [3.8, 4) is 0 Å². The van der Waals surface area contributed by atoms with Crippen LogP contribution in [-0.2, 0) is 0 Å². The van der Waals surface area contributed by atoms with Crippen LogP contribution in [0.15, 0.2) is 12.1 Å². The third kappa shape index (κ3) is 2.49. The van der Waals surface area contributed by atoms with Gasteiger partial charge in [-0.2, -0.15) is 0 Å². The molecule has 1 aliphatic heterocycles. The molecule has 1 saturated carbocycles. The van der Waals surface area contributed by atoms with E-state index in [1.165, 1.54) is 31.7 Å². The Kier molecular flexibility index (Phi) is 3.59. The van der Waals surface area contributed by atoms with E-state index in [4.69, 9.17) is 11.6 Å². The summed E-state index contributed by atoms with van der Waals surface area (Å²) in [7, 11) is 0. The molecule has 2 fully saturated rings. The van der Waals surface area contributed by atoms with Crippen molar-refractivity contribution in [1.29, 1.82) is 0 Å². The van der Waals surface area contributed by atoms with E-state index in [0.717, 1.165) is 25.9 Å². The van der Waals surface area contributed by atoms with Gasteiger partial charge in [-0.05, 0) is 43.2 Å². The minimum atomic E-state index is -0.940. The van der Waals surface area contributed by atoms with Gasteiger partial charge < -0.3 is 10.0 Å². The van der Waals surface area contributed by atoms with Crippen molar-refractivity contribution >= 4 is 23.4 Å². The summed E-state index contributed by atoms with van der Waals surface area (Å²) >= 11 is 5.93. The summed E-state index contributed by atoms with van der Waals surface area (Å²) in [5, 5.41) is 9.64. The number of anilines is 1. The molecule has 0 amide bonds. The molecule has 0 unspecified atom stereocenters. The minimum absolute atomic E-state index is 0.247. The van der Waals surface area contributed by atoms with Gasteiger partial charge in [-0.25, -0.2) is 9.78 Å². The minimum Gasteiger partial charge on any atom is -0.478 e. The van der Waals surface area contributed by atoms with Crippen LogP contribution in [0.3, 0.4) is 0 Å². The fourth-order valence-electron chi connectivity index (χ4n) is 3.65. The second kappa shape index (κ2) is 5.24. The summed E-state index contributed by atoms with van der Waals surface area (Å²) < 4.78 is 0. The summed E-state index contributed by atoms with van der Waals surface area (Å²) in [5.41, 5.74) is 0.759. The molecule has 1 aromatic rings. The quantitative estimate of drug-likeness (QED) is 0.847. The van der Waals surface area contributed by atoms with E-state index < -0.39 is 5.97 Å². The third-order valence-corrected chi connectivity index (χ3v) is 5.07. The fourth-order valence-corrected chi connectivity index (χ4v) is 3.79. The molecule has 5 heteroatoms. The molecule has 1 aliphatic carbocycles. The van der Waals surface area contributed by atoms with Gasteiger partial charge in [0.1, 0.15) is 16.5 Å². The fraction of sp³-hybridized carbons (Fsp3) is 0.600. The van der Waals surface area contributed by atoms with Gasteiger partial charge in [-0.15, -0.1) is 0 Å². The number of carboxylic acids is 1. The summed E-state index contributed by atoms with van der Waals surface area (Å²) in [6.45, 7) is 1.77. The standard InChI is InChI=1S/C15H19ClN2O2/c16-12-4-3-11(14(19)20)13(17-12)18-9-7-15(8-10-18)5-1-2-6-15/h3-4H,1-2,5-10H2,(H,19,20). The topological polar surface area (TPSA) is 53.4 Å². The third-order valence-electron chi connectivity index (χ3n) is 4.86.